The van der Waals surface area contributed by atoms with Crippen molar-refractivity contribution in [2.24, 2.45) is 0 Å². The molecule has 0 aliphatic rings. The Morgan fingerprint density at radius 2 is 2.07 bits per heavy atom. The van der Waals surface area contributed by atoms with Crippen LogP contribution in [-0.2, 0) is 11.3 Å². The Kier molecular flexibility index (Phi) is 6.27. The summed E-state index contributed by atoms with van der Waals surface area (Å²) in [5, 5.41) is 17.1. The van der Waals surface area contributed by atoms with Crippen LogP contribution in [0.4, 0.5) is 20.4 Å². The van der Waals surface area contributed by atoms with Gasteiger partial charge in [-0.1, -0.05) is 6.07 Å². The summed E-state index contributed by atoms with van der Waals surface area (Å²) in [6.07, 6.45) is 1.52. The Labute approximate surface area is 161 Å². The number of aliphatic hydroxyl groups is 1. The number of ether oxygens (including phenoxy) is 1. The summed E-state index contributed by atoms with van der Waals surface area (Å²) >= 11 is 0. The molecule has 9 heteroatoms. The maximum absolute atomic E-state index is 12.8. The second-order valence-electron chi connectivity index (χ2n) is 6.38. The van der Waals surface area contributed by atoms with E-state index in [1.807, 2.05) is 31.3 Å². The van der Waals surface area contributed by atoms with E-state index in [1.165, 1.54) is 19.4 Å². The quantitative estimate of drug-likeness (QED) is 0.615. The van der Waals surface area contributed by atoms with Crippen molar-refractivity contribution < 1.29 is 18.6 Å². The van der Waals surface area contributed by atoms with Crippen LogP contribution in [0.25, 0.3) is 11.1 Å². The van der Waals surface area contributed by atoms with E-state index in [0.717, 1.165) is 16.7 Å². The van der Waals surface area contributed by atoms with Crippen LogP contribution in [-0.4, -0.2) is 44.7 Å². The summed E-state index contributed by atoms with van der Waals surface area (Å²) in [6.45, 7) is 2.47. The lowest BCUT2D eigenvalue weighted by Gasteiger charge is -2.10. The molecule has 0 bridgehead atoms. The van der Waals surface area contributed by atoms with Crippen molar-refractivity contribution in [2.45, 2.75) is 26.0 Å². The Morgan fingerprint density at radius 3 is 2.82 bits per heavy atom. The third kappa shape index (κ3) is 5.08. The topological polar surface area (TPSA) is 85.1 Å². The number of nitrogens with zero attached hydrogens (tertiary/aromatic N) is 4. The summed E-state index contributed by atoms with van der Waals surface area (Å²) in [5.74, 6) is 0.104. The van der Waals surface area contributed by atoms with Gasteiger partial charge in [0.15, 0.2) is 0 Å². The largest absolute Gasteiger partial charge is 0.389 e. The van der Waals surface area contributed by atoms with Crippen LogP contribution in [0.3, 0.4) is 0 Å². The van der Waals surface area contributed by atoms with E-state index in [-0.39, 0.29) is 18.2 Å². The van der Waals surface area contributed by atoms with Gasteiger partial charge in [0.25, 0.3) is 6.43 Å². The molecule has 3 aromatic rings. The molecule has 0 saturated heterocycles. The highest BCUT2D eigenvalue weighted by Gasteiger charge is 2.11. The number of aromatic nitrogens is 4. The molecule has 1 unspecified atom stereocenters. The zero-order chi connectivity index (χ0) is 20.1. The number of nitrogens with one attached hydrogen (secondary N) is 1. The molecule has 1 atom stereocenters. The van der Waals surface area contributed by atoms with Gasteiger partial charge >= 0.3 is 0 Å². The second kappa shape index (κ2) is 8.85. The van der Waals surface area contributed by atoms with Crippen LogP contribution in [0, 0.1) is 6.92 Å². The number of anilines is 2. The van der Waals surface area contributed by atoms with Crippen LogP contribution in [0.2, 0.25) is 0 Å². The Bertz CT molecular complexity index is 932. The monoisotopic (exact) mass is 389 g/mol. The lowest BCUT2D eigenvalue weighted by Crippen LogP contribution is -2.21. The molecule has 7 nitrogen and oxygen atoms in total. The molecule has 0 fully saturated rings. The fraction of sp³-hybridized carbons (Fsp3) is 0.316. The highest BCUT2D eigenvalue weighted by molar-refractivity contribution is 5.70. The normalized spacial score (nSPS) is 12.4. The molecule has 0 spiro atoms. The van der Waals surface area contributed by atoms with Gasteiger partial charge in [-0.15, -0.1) is 0 Å². The molecular weight excluding hydrogens is 368 g/mol. The molecular formula is C19H21F2N5O2. The van der Waals surface area contributed by atoms with Crippen molar-refractivity contribution in [2.75, 3.05) is 19.0 Å². The zero-order valence-electron chi connectivity index (χ0n) is 15.5. The third-order valence-electron chi connectivity index (χ3n) is 3.96. The number of halogens is 2. The fourth-order valence-electron chi connectivity index (χ4n) is 2.78. The standard InChI is InChI=1S/C19H21F2N5O2/c1-12-5-13(14-8-23-26(9-14)10-16(27)11-28-2)7-15(6-12)24-19-22-4-3-17(25-19)18(20)21/h3-9,16,18,27H,10-11H2,1-2H3,(H,22,24,25). The number of hydrogen-bond acceptors (Lipinski definition) is 6. The highest BCUT2D eigenvalue weighted by atomic mass is 19.3. The van der Waals surface area contributed by atoms with Crippen LogP contribution in [0.5, 0.6) is 0 Å². The van der Waals surface area contributed by atoms with Gasteiger partial charge in [0.2, 0.25) is 5.95 Å². The number of hydrogen-bond donors (Lipinski definition) is 2. The summed E-state index contributed by atoms with van der Waals surface area (Å²) in [4.78, 5) is 7.82. The van der Waals surface area contributed by atoms with E-state index in [1.54, 1.807) is 10.9 Å². The van der Waals surface area contributed by atoms with E-state index in [0.29, 0.717) is 12.2 Å². The minimum atomic E-state index is -2.66. The van der Waals surface area contributed by atoms with E-state index >= 15 is 0 Å². The van der Waals surface area contributed by atoms with Crippen molar-refractivity contribution >= 4 is 11.6 Å². The second-order valence-corrected chi connectivity index (χ2v) is 6.38. The van der Waals surface area contributed by atoms with Crippen LogP contribution in [0.15, 0.2) is 42.9 Å². The van der Waals surface area contributed by atoms with Crippen LogP contribution >= 0.6 is 0 Å². The van der Waals surface area contributed by atoms with Gasteiger partial charge < -0.3 is 15.2 Å². The van der Waals surface area contributed by atoms with Gasteiger partial charge in [-0.3, -0.25) is 4.68 Å². The first-order valence-corrected chi connectivity index (χ1v) is 8.64. The molecule has 2 heterocycles. The van der Waals surface area contributed by atoms with Crippen LogP contribution < -0.4 is 5.32 Å². The van der Waals surface area contributed by atoms with E-state index in [2.05, 4.69) is 20.4 Å². The van der Waals surface area contributed by atoms with Crippen molar-refractivity contribution in [3.8, 4) is 11.1 Å². The van der Waals surface area contributed by atoms with Crippen molar-refractivity contribution in [3.05, 3.63) is 54.1 Å². The van der Waals surface area contributed by atoms with Crippen molar-refractivity contribution in [1.82, 2.24) is 19.7 Å². The Balaban J connectivity index is 1.80. The highest BCUT2D eigenvalue weighted by Crippen LogP contribution is 2.26. The average molecular weight is 389 g/mol. The molecule has 0 aliphatic heterocycles. The number of aliphatic hydroxyl groups excluding tert-OH is 1. The van der Waals surface area contributed by atoms with Gasteiger partial charge in [-0.2, -0.15) is 5.10 Å². The predicted molar refractivity (Wildman–Crippen MR) is 101 cm³/mol. The number of aryl methyl sites for hydroxylation is 1. The van der Waals surface area contributed by atoms with Crippen LogP contribution in [0.1, 0.15) is 17.7 Å². The first kappa shape index (κ1) is 19.8. The molecule has 0 saturated carbocycles. The summed E-state index contributed by atoms with van der Waals surface area (Å²) in [6, 6.07) is 6.89. The molecule has 2 aromatic heterocycles. The molecule has 2 N–H and O–H groups in total. The number of alkyl halides is 2. The summed E-state index contributed by atoms with van der Waals surface area (Å²) in [7, 11) is 1.53. The first-order chi connectivity index (χ1) is 13.4. The van der Waals surface area contributed by atoms with Gasteiger partial charge in [0.05, 0.1) is 25.5 Å². The SMILES string of the molecule is COCC(O)Cn1cc(-c2cc(C)cc(Nc3nccc(C(F)F)n3)c2)cn1. The van der Waals surface area contributed by atoms with E-state index in [9.17, 15) is 13.9 Å². The third-order valence-corrected chi connectivity index (χ3v) is 3.96. The van der Waals surface area contributed by atoms with Crippen molar-refractivity contribution in [1.29, 1.82) is 0 Å². The fourth-order valence-corrected chi connectivity index (χ4v) is 2.78. The Hall–Kier alpha value is -2.91. The lowest BCUT2D eigenvalue weighted by atomic mass is 10.1. The minimum absolute atomic E-state index is 0.104. The molecule has 0 radical (unpaired) electrons. The maximum atomic E-state index is 12.8. The molecule has 3 rings (SSSR count). The number of methoxy groups -OCH3 is 1. The molecule has 0 amide bonds. The molecule has 0 aliphatic carbocycles. The average Bonchev–Trinajstić information content (AvgIpc) is 3.10. The lowest BCUT2D eigenvalue weighted by molar-refractivity contribution is 0.0514. The maximum Gasteiger partial charge on any atom is 0.280 e. The molecule has 148 valence electrons. The number of rotatable bonds is 8. The van der Waals surface area contributed by atoms with Gasteiger partial charge in [0.1, 0.15) is 5.69 Å². The smallest absolute Gasteiger partial charge is 0.280 e. The first-order valence-electron chi connectivity index (χ1n) is 8.64. The molecule has 1 aromatic carbocycles. The number of benzene rings is 1. The van der Waals surface area contributed by atoms with Gasteiger partial charge in [0, 0.05) is 30.8 Å². The summed E-state index contributed by atoms with van der Waals surface area (Å²) < 4.78 is 32.2. The summed E-state index contributed by atoms with van der Waals surface area (Å²) in [5.41, 5.74) is 3.06. The molecule has 28 heavy (non-hydrogen) atoms. The van der Waals surface area contributed by atoms with E-state index in [4.69, 9.17) is 4.74 Å². The van der Waals surface area contributed by atoms with Gasteiger partial charge in [-0.05, 0) is 36.2 Å². The van der Waals surface area contributed by atoms with Crippen molar-refractivity contribution in [3.63, 3.8) is 0 Å². The zero-order valence-corrected chi connectivity index (χ0v) is 15.5. The predicted octanol–water partition coefficient (Wildman–Crippen LogP) is 3.34. The minimum Gasteiger partial charge on any atom is -0.389 e. The van der Waals surface area contributed by atoms with E-state index < -0.39 is 12.5 Å². The Morgan fingerprint density at radius 1 is 1.25 bits per heavy atom. The van der Waals surface area contributed by atoms with Gasteiger partial charge in [-0.25, -0.2) is 18.7 Å².